The first-order chi connectivity index (χ1) is 10.9. The van der Waals surface area contributed by atoms with Gasteiger partial charge in [-0.3, -0.25) is 4.99 Å². The molecule has 0 aliphatic carbocycles. The number of rotatable bonds is 5. The first kappa shape index (κ1) is 15.3. The minimum absolute atomic E-state index is 0.871. The normalized spacial score (nSPS) is 15.2. The first-order valence-electron chi connectivity index (χ1n) is 7.96. The molecule has 3 rings (SSSR count). The van der Waals surface area contributed by atoms with Gasteiger partial charge in [-0.1, -0.05) is 49.4 Å². The summed E-state index contributed by atoms with van der Waals surface area (Å²) >= 11 is 1.91. The Morgan fingerprint density at radius 1 is 1.05 bits per heavy atom. The SMILES string of the molecule is CCNCCCN=C1c2ccccc2CSc2ccccc21. The van der Waals surface area contributed by atoms with Crippen LogP contribution in [-0.4, -0.2) is 25.3 Å². The molecule has 0 fully saturated rings. The Kier molecular flexibility index (Phi) is 5.30. The fourth-order valence-electron chi connectivity index (χ4n) is 2.71. The summed E-state index contributed by atoms with van der Waals surface area (Å²) in [6, 6.07) is 17.3. The number of thioether (sulfide) groups is 1. The van der Waals surface area contributed by atoms with Crippen molar-refractivity contribution in [1.82, 2.24) is 5.32 Å². The maximum atomic E-state index is 4.96. The largest absolute Gasteiger partial charge is 0.317 e. The third-order valence-electron chi connectivity index (χ3n) is 3.83. The number of benzene rings is 2. The van der Waals surface area contributed by atoms with Crippen molar-refractivity contribution in [2.45, 2.75) is 24.0 Å². The molecule has 0 saturated heterocycles. The van der Waals surface area contributed by atoms with Crippen LogP contribution in [0, 0.1) is 0 Å². The van der Waals surface area contributed by atoms with Crippen LogP contribution in [0.4, 0.5) is 0 Å². The van der Waals surface area contributed by atoms with Crippen molar-refractivity contribution < 1.29 is 0 Å². The second-order valence-electron chi connectivity index (χ2n) is 5.38. The van der Waals surface area contributed by atoms with Gasteiger partial charge in [-0.2, -0.15) is 0 Å². The highest BCUT2D eigenvalue weighted by molar-refractivity contribution is 7.98. The van der Waals surface area contributed by atoms with Gasteiger partial charge in [0, 0.05) is 28.3 Å². The highest BCUT2D eigenvalue weighted by Gasteiger charge is 2.18. The molecule has 22 heavy (non-hydrogen) atoms. The summed E-state index contributed by atoms with van der Waals surface area (Å²) in [5, 5.41) is 3.36. The molecule has 114 valence electrons. The third kappa shape index (κ3) is 3.42. The van der Waals surface area contributed by atoms with E-state index in [1.165, 1.54) is 21.6 Å². The molecule has 0 spiro atoms. The number of nitrogens with zero attached hydrogens (tertiary/aromatic N) is 1. The maximum absolute atomic E-state index is 4.96. The average molecular weight is 310 g/mol. The molecule has 0 atom stereocenters. The van der Waals surface area contributed by atoms with E-state index in [0.717, 1.165) is 37.5 Å². The number of aliphatic imine (C=N–C) groups is 1. The van der Waals surface area contributed by atoms with Crippen LogP contribution >= 0.6 is 11.8 Å². The summed E-state index contributed by atoms with van der Waals surface area (Å²) in [6.45, 7) is 5.07. The Morgan fingerprint density at radius 2 is 1.82 bits per heavy atom. The van der Waals surface area contributed by atoms with E-state index in [9.17, 15) is 0 Å². The van der Waals surface area contributed by atoms with Gasteiger partial charge in [-0.15, -0.1) is 11.8 Å². The predicted molar refractivity (Wildman–Crippen MR) is 96.1 cm³/mol. The summed E-state index contributed by atoms with van der Waals surface area (Å²) < 4.78 is 0. The number of hydrogen-bond donors (Lipinski definition) is 1. The van der Waals surface area contributed by atoms with E-state index in [2.05, 4.69) is 60.8 Å². The third-order valence-corrected chi connectivity index (χ3v) is 4.95. The van der Waals surface area contributed by atoms with Crippen LogP contribution in [0.3, 0.4) is 0 Å². The van der Waals surface area contributed by atoms with Gasteiger partial charge in [0.2, 0.25) is 0 Å². The molecule has 2 nitrogen and oxygen atoms in total. The minimum Gasteiger partial charge on any atom is -0.317 e. The van der Waals surface area contributed by atoms with Gasteiger partial charge in [0.15, 0.2) is 0 Å². The highest BCUT2D eigenvalue weighted by atomic mass is 32.2. The van der Waals surface area contributed by atoms with Crippen LogP contribution in [0.5, 0.6) is 0 Å². The Hall–Kier alpha value is -1.58. The standard InChI is InChI=1S/C19H22N2S/c1-2-20-12-7-13-21-19-16-9-4-3-8-15(16)14-22-18-11-6-5-10-17(18)19/h3-6,8-11,20H,2,7,12-14H2,1H3. The van der Waals surface area contributed by atoms with Gasteiger partial charge < -0.3 is 5.32 Å². The van der Waals surface area contributed by atoms with Gasteiger partial charge in [0.1, 0.15) is 0 Å². The van der Waals surface area contributed by atoms with Crippen molar-refractivity contribution in [3.63, 3.8) is 0 Å². The van der Waals surface area contributed by atoms with Crippen molar-refractivity contribution >= 4 is 17.5 Å². The van der Waals surface area contributed by atoms with E-state index in [1.807, 2.05) is 11.8 Å². The molecule has 1 N–H and O–H groups in total. The first-order valence-corrected chi connectivity index (χ1v) is 8.94. The zero-order valence-corrected chi connectivity index (χ0v) is 13.8. The van der Waals surface area contributed by atoms with Crippen LogP contribution in [0.15, 0.2) is 58.4 Å². The molecule has 0 amide bonds. The lowest BCUT2D eigenvalue weighted by Gasteiger charge is -2.10. The number of nitrogens with one attached hydrogen (secondary N) is 1. The molecule has 0 saturated carbocycles. The summed E-state index contributed by atoms with van der Waals surface area (Å²) in [4.78, 5) is 6.30. The molecule has 2 aromatic carbocycles. The lowest BCUT2D eigenvalue weighted by atomic mass is 9.98. The van der Waals surface area contributed by atoms with Gasteiger partial charge >= 0.3 is 0 Å². The smallest absolute Gasteiger partial charge is 0.0733 e. The molecule has 0 radical (unpaired) electrons. The molecule has 1 aliphatic heterocycles. The average Bonchev–Trinajstić information content (AvgIpc) is 2.72. The van der Waals surface area contributed by atoms with E-state index >= 15 is 0 Å². The second kappa shape index (κ2) is 7.61. The van der Waals surface area contributed by atoms with Crippen LogP contribution < -0.4 is 5.32 Å². The Labute approximate surface area is 137 Å². The van der Waals surface area contributed by atoms with E-state index in [1.54, 1.807) is 0 Å². The Morgan fingerprint density at radius 3 is 2.68 bits per heavy atom. The molecule has 3 heteroatoms. The summed E-state index contributed by atoms with van der Waals surface area (Å²) in [6.07, 6.45) is 1.08. The molecule has 1 aliphatic rings. The van der Waals surface area contributed by atoms with Crippen molar-refractivity contribution in [1.29, 1.82) is 0 Å². The molecule has 0 unspecified atom stereocenters. The Bertz CT molecular complexity index is 614. The summed E-state index contributed by atoms with van der Waals surface area (Å²) in [5.74, 6) is 1.02. The second-order valence-corrected chi connectivity index (χ2v) is 6.40. The van der Waals surface area contributed by atoms with Crippen molar-refractivity contribution in [2.75, 3.05) is 19.6 Å². The van der Waals surface area contributed by atoms with Crippen LogP contribution in [0.1, 0.15) is 30.0 Å². The van der Waals surface area contributed by atoms with Crippen molar-refractivity contribution in [2.24, 2.45) is 4.99 Å². The summed E-state index contributed by atoms with van der Waals surface area (Å²) in [5.41, 5.74) is 5.12. The zero-order valence-electron chi connectivity index (χ0n) is 13.0. The lowest BCUT2D eigenvalue weighted by Crippen LogP contribution is -2.15. The molecule has 0 bridgehead atoms. The fourth-order valence-corrected chi connectivity index (χ4v) is 3.77. The van der Waals surface area contributed by atoms with Gasteiger partial charge in [0.05, 0.1) is 5.71 Å². The molecule has 0 aromatic heterocycles. The minimum atomic E-state index is 0.871. The van der Waals surface area contributed by atoms with E-state index in [0.29, 0.717) is 0 Å². The van der Waals surface area contributed by atoms with E-state index < -0.39 is 0 Å². The fraction of sp³-hybridized carbons (Fsp3) is 0.316. The highest BCUT2D eigenvalue weighted by Crippen LogP contribution is 2.33. The Balaban J connectivity index is 1.93. The number of hydrogen-bond acceptors (Lipinski definition) is 3. The van der Waals surface area contributed by atoms with Crippen LogP contribution in [0.2, 0.25) is 0 Å². The van der Waals surface area contributed by atoms with Gasteiger partial charge in [-0.05, 0) is 31.1 Å². The van der Waals surface area contributed by atoms with E-state index in [4.69, 9.17) is 4.99 Å². The number of fused-ring (bicyclic) bond motifs is 2. The zero-order chi connectivity index (χ0) is 15.2. The lowest BCUT2D eigenvalue weighted by molar-refractivity contribution is 0.680. The topological polar surface area (TPSA) is 24.4 Å². The predicted octanol–water partition coefficient (Wildman–Crippen LogP) is 4.13. The quantitative estimate of drug-likeness (QED) is 0.840. The van der Waals surface area contributed by atoms with Gasteiger partial charge in [0.25, 0.3) is 0 Å². The molecular formula is C19H22N2S. The summed E-state index contributed by atoms with van der Waals surface area (Å²) in [7, 11) is 0. The van der Waals surface area contributed by atoms with Crippen LogP contribution in [0.25, 0.3) is 0 Å². The van der Waals surface area contributed by atoms with E-state index in [-0.39, 0.29) is 0 Å². The molecular weight excluding hydrogens is 288 g/mol. The molecule has 2 aromatic rings. The van der Waals surface area contributed by atoms with Gasteiger partial charge in [-0.25, -0.2) is 0 Å². The maximum Gasteiger partial charge on any atom is 0.0733 e. The van der Waals surface area contributed by atoms with Crippen LogP contribution in [-0.2, 0) is 5.75 Å². The molecule has 1 heterocycles. The van der Waals surface area contributed by atoms with Crippen molar-refractivity contribution in [3.8, 4) is 0 Å². The monoisotopic (exact) mass is 310 g/mol. The van der Waals surface area contributed by atoms with Crippen molar-refractivity contribution in [3.05, 3.63) is 65.2 Å².